The number of aliphatic hydroxyl groups excluding tert-OH is 2. The Labute approximate surface area is 209 Å². The molecule has 1 unspecified atom stereocenters. The van der Waals surface area contributed by atoms with Crippen molar-refractivity contribution in [1.82, 2.24) is 5.32 Å². The summed E-state index contributed by atoms with van der Waals surface area (Å²) in [6, 6.07) is 1.85. The number of rotatable bonds is 6. The molecular weight excluding hydrogens is 466 g/mol. The van der Waals surface area contributed by atoms with Crippen LogP contribution in [-0.2, 0) is 27.3 Å². The molecule has 0 aromatic heterocycles. The van der Waals surface area contributed by atoms with Gasteiger partial charge in [-0.2, -0.15) is 0 Å². The first-order valence-electron chi connectivity index (χ1n) is 12.0. The summed E-state index contributed by atoms with van der Waals surface area (Å²) in [5.41, 5.74) is 3.78. The zero-order valence-electron chi connectivity index (χ0n) is 20.9. The van der Waals surface area contributed by atoms with E-state index in [0.717, 1.165) is 5.69 Å². The van der Waals surface area contributed by atoms with E-state index in [4.69, 9.17) is 5.73 Å². The van der Waals surface area contributed by atoms with Crippen molar-refractivity contribution in [2.75, 3.05) is 25.5 Å². The molecule has 36 heavy (non-hydrogen) atoms. The first kappa shape index (κ1) is 25.7. The molecule has 3 aliphatic carbocycles. The van der Waals surface area contributed by atoms with E-state index in [9.17, 15) is 34.8 Å². The van der Waals surface area contributed by atoms with Gasteiger partial charge in [0.25, 0.3) is 5.91 Å². The van der Waals surface area contributed by atoms with E-state index in [1.54, 1.807) is 0 Å². The van der Waals surface area contributed by atoms with Crippen molar-refractivity contribution < 1.29 is 34.8 Å². The number of benzene rings is 1. The molecule has 3 atom stereocenters. The number of aliphatic hydroxyl groups is 3. The van der Waals surface area contributed by atoms with Crippen LogP contribution in [-0.4, -0.2) is 64.1 Å². The number of fused-ring (bicyclic) bond motifs is 3. The highest BCUT2D eigenvalue weighted by molar-refractivity contribution is 6.22. The quantitative estimate of drug-likeness (QED) is 0.315. The van der Waals surface area contributed by atoms with E-state index in [1.807, 2.05) is 25.1 Å². The van der Waals surface area contributed by atoms with E-state index in [-0.39, 0.29) is 36.1 Å². The molecular formula is C26H33N3O7. The van der Waals surface area contributed by atoms with Crippen molar-refractivity contribution in [2.45, 2.75) is 45.3 Å². The van der Waals surface area contributed by atoms with Gasteiger partial charge in [0, 0.05) is 49.8 Å². The first-order chi connectivity index (χ1) is 16.8. The van der Waals surface area contributed by atoms with Crippen molar-refractivity contribution in [3.8, 4) is 5.75 Å². The van der Waals surface area contributed by atoms with Gasteiger partial charge in [-0.3, -0.25) is 14.4 Å². The number of hydrogen-bond donors (Lipinski definition) is 6. The van der Waals surface area contributed by atoms with E-state index in [0.29, 0.717) is 30.1 Å². The number of carbonyl (C=O) groups excluding carboxylic acids is 3. The summed E-state index contributed by atoms with van der Waals surface area (Å²) in [7, 11) is 3.68. The van der Waals surface area contributed by atoms with Crippen LogP contribution >= 0.6 is 0 Å². The highest BCUT2D eigenvalue weighted by Crippen LogP contribution is 2.53. The van der Waals surface area contributed by atoms with Crippen LogP contribution in [0.3, 0.4) is 0 Å². The highest BCUT2D eigenvalue weighted by Gasteiger charge is 2.60. The van der Waals surface area contributed by atoms with Gasteiger partial charge in [0.05, 0.1) is 5.56 Å². The molecule has 1 fully saturated rings. The Morgan fingerprint density at radius 2 is 1.89 bits per heavy atom. The Bertz CT molecular complexity index is 1230. The minimum Gasteiger partial charge on any atom is -0.508 e. The third-order valence-electron chi connectivity index (χ3n) is 7.47. The number of phenols is 1. The number of Topliss-reactive ketones (excluding diaryl/α,β-unsaturated/α-hetero) is 2. The summed E-state index contributed by atoms with van der Waals surface area (Å²) in [5.74, 6) is -5.85. The van der Waals surface area contributed by atoms with E-state index in [1.165, 1.54) is 0 Å². The Morgan fingerprint density at radius 1 is 1.22 bits per heavy atom. The van der Waals surface area contributed by atoms with Crippen molar-refractivity contribution in [3.05, 3.63) is 39.7 Å². The lowest BCUT2D eigenvalue weighted by Crippen LogP contribution is -2.58. The number of primary amides is 1. The number of anilines is 1. The van der Waals surface area contributed by atoms with Crippen LogP contribution in [0.4, 0.5) is 5.69 Å². The van der Waals surface area contributed by atoms with E-state index >= 15 is 0 Å². The maximum atomic E-state index is 13.7. The van der Waals surface area contributed by atoms with Gasteiger partial charge in [-0.15, -0.1) is 0 Å². The fourth-order valence-corrected chi connectivity index (χ4v) is 5.75. The molecule has 4 rings (SSSR count). The molecule has 194 valence electrons. The second-order valence-electron chi connectivity index (χ2n) is 10.6. The minimum atomic E-state index is -2.56. The number of nitrogens with one attached hydrogen (secondary N) is 1. The number of ketones is 2. The second kappa shape index (κ2) is 8.94. The number of carbonyl (C=O) groups is 3. The Balaban J connectivity index is 1.88. The summed E-state index contributed by atoms with van der Waals surface area (Å²) in [6.45, 7) is 5.15. The standard InChI is InChI=1S/C26H33N3O7/c1-11(2)9-28-10-13-7-16(29(3)4)15-6-12-5-14-8-17(30)20(25(27)35)24(34)26(14,36)23(33)18(12)22(32)19(15)21(13)31/h7,11-12,14,28,31-32,34,36H,5-6,8-10H2,1-4H3,(H2,27,35)/t12?,14-,26-/m0/s1. The van der Waals surface area contributed by atoms with Crippen molar-refractivity contribution in [2.24, 2.45) is 23.5 Å². The maximum Gasteiger partial charge on any atom is 0.255 e. The number of aromatic hydroxyl groups is 1. The lowest BCUT2D eigenvalue weighted by Gasteiger charge is -2.46. The summed E-state index contributed by atoms with van der Waals surface area (Å²) in [5, 5.41) is 47.8. The third-order valence-corrected chi connectivity index (χ3v) is 7.47. The topological polar surface area (TPSA) is 173 Å². The van der Waals surface area contributed by atoms with Crippen LogP contribution in [0.2, 0.25) is 0 Å². The van der Waals surface area contributed by atoms with Gasteiger partial charge in [-0.05, 0) is 42.9 Å². The highest BCUT2D eigenvalue weighted by atomic mass is 16.3. The van der Waals surface area contributed by atoms with Crippen LogP contribution in [0.1, 0.15) is 43.4 Å². The zero-order valence-corrected chi connectivity index (χ0v) is 20.9. The second-order valence-corrected chi connectivity index (χ2v) is 10.6. The Kier molecular flexibility index (Phi) is 6.38. The molecule has 3 aliphatic rings. The molecule has 1 aromatic rings. The average molecular weight is 500 g/mol. The molecule has 0 aliphatic heterocycles. The maximum absolute atomic E-state index is 13.7. The molecule has 1 saturated carbocycles. The largest absolute Gasteiger partial charge is 0.508 e. The lowest BCUT2D eigenvalue weighted by atomic mass is 9.59. The number of hydrogen-bond acceptors (Lipinski definition) is 9. The van der Waals surface area contributed by atoms with Crippen LogP contribution in [0, 0.1) is 17.8 Å². The predicted molar refractivity (Wildman–Crippen MR) is 132 cm³/mol. The molecule has 10 nitrogen and oxygen atoms in total. The fraction of sp³-hybridized carbons (Fsp3) is 0.500. The summed E-state index contributed by atoms with van der Waals surface area (Å²) >= 11 is 0. The molecule has 0 spiro atoms. The third kappa shape index (κ3) is 3.75. The normalized spacial score (nSPS) is 25.6. The number of phenolic OH excluding ortho intramolecular Hbond substituents is 1. The van der Waals surface area contributed by atoms with Crippen LogP contribution < -0.4 is 16.0 Å². The van der Waals surface area contributed by atoms with Gasteiger partial charge in [-0.1, -0.05) is 13.8 Å². The molecule has 0 radical (unpaired) electrons. The van der Waals surface area contributed by atoms with Gasteiger partial charge in [0.2, 0.25) is 5.78 Å². The van der Waals surface area contributed by atoms with Crippen molar-refractivity contribution >= 4 is 28.9 Å². The van der Waals surface area contributed by atoms with Crippen LogP contribution in [0.15, 0.2) is 23.0 Å². The smallest absolute Gasteiger partial charge is 0.255 e. The van der Waals surface area contributed by atoms with Gasteiger partial charge in [0.15, 0.2) is 11.4 Å². The minimum absolute atomic E-state index is 0.105. The molecule has 0 saturated heterocycles. The summed E-state index contributed by atoms with van der Waals surface area (Å²) in [6.07, 6.45) is 0.0393. The Morgan fingerprint density at radius 3 is 2.47 bits per heavy atom. The van der Waals surface area contributed by atoms with E-state index in [2.05, 4.69) is 19.2 Å². The molecule has 7 N–H and O–H groups in total. The predicted octanol–water partition coefficient (Wildman–Crippen LogP) is 1.24. The average Bonchev–Trinajstić information content (AvgIpc) is 2.77. The summed E-state index contributed by atoms with van der Waals surface area (Å²) in [4.78, 5) is 39.8. The molecule has 0 heterocycles. The molecule has 1 amide bonds. The lowest BCUT2D eigenvalue weighted by molar-refractivity contribution is -0.147. The van der Waals surface area contributed by atoms with Crippen LogP contribution in [0.25, 0.3) is 5.76 Å². The number of amides is 1. The number of nitrogens with zero attached hydrogens (tertiary/aromatic N) is 1. The SMILES string of the molecule is CC(C)CNCc1cc(N(C)C)c2c(c1O)C(O)=C1C(=O)[C@]3(O)C(O)=C(C(N)=O)C(=O)C[C@@H]3CC1C2. The van der Waals surface area contributed by atoms with Gasteiger partial charge >= 0.3 is 0 Å². The summed E-state index contributed by atoms with van der Waals surface area (Å²) < 4.78 is 0. The van der Waals surface area contributed by atoms with Gasteiger partial charge < -0.3 is 36.4 Å². The van der Waals surface area contributed by atoms with Gasteiger partial charge in [0.1, 0.15) is 22.8 Å². The zero-order chi connectivity index (χ0) is 26.7. The first-order valence-corrected chi connectivity index (χ1v) is 12.0. The van der Waals surface area contributed by atoms with E-state index < -0.39 is 52.0 Å². The molecule has 1 aromatic carbocycles. The van der Waals surface area contributed by atoms with Gasteiger partial charge in [-0.25, -0.2) is 0 Å². The van der Waals surface area contributed by atoms with Crippen molar-refractivity contribution in [1.29, 1.82) is 0 Å². The Hall–Kier alpha value is -3.37. The number of nitrogens with two attached hydrogens (primary N) is 1. The molecule has 10 heteroatoms. The fourth-order valence-electron chi connectivity index (χ4n) is 5.75. The molecule has 0 bridgehead atoms. The monoisotopic (exact) mass is 499 g/mol. The van der Waals surface area contributed by atoms with Crippen LogP contribution in [0.5, 0.6) is 5.75 Å². The van der Waals surface area contributed by atoms with Crippen molar-refractivity contribution in [3.63, 3.8) is 0 Å².